The SMILES string of the molecule is CCOc1ccc(C(NN)c2ccco2)cc1OCC. The molecule has 0 bridgehead atoms. The van der Waals surface area contributed by atoms with Gasteiger partial charge in [-0.25, -0.2) is 5.43 Å². The van der Waals surface area contributed by atoms with E-state index in [0.717, 1.165) is 17.1 Å². The van der Waals surface area contributed by atoms with Crippen LogP contribution < -0.4 is 20.7 Å². The number of nitrogens with one attached hydrogen (secondary N) is 1. The zero-order chi connectivity index (χ0) is 14.4. The highest BCUT2D eigenvalue weighted by Crippen LogP contribution is 2.32. The van der Waals surface area contributed by atoms with Gasteiger partial charge in [0.05, 0.1) is 19.5 Å². The van der Waals surface area contributed by atoms with Crippen LogP contribution in [0.4, 0.5) is 0 Å². The van der Waals surface area contributed by atoms with E-state index in [0.29, 0.717) is 19.0 Å². The molecule has 5 heteroatoms. The maximum atomic E-state index is 5.63. The van der Waals surface area contributed by atoms with Crippen LogP contribution in [0.1, 0.15) is 31.2 Å². The van der Waals surface area contributed by atoms with Crippen LogP contribution in [0.5, 0.6) is 11.5 Å². The van der Waals surface area contributed by atoms with Crippen molar-refractivity contribution in [3.63, 3.8) is 0 Å². The smallest absolute Gasteiger partial charge is 0.161 e. The molecular weight excluding hydrogens is 256 g/mol. The Morgan fingerprint density at radius 2 is 1.90 bits per heavy atom. The number of benzene rings is 1. The molecule has 1 aromatic heterocycles. The fraction of sp³-hybridized carbons (Fsp3) is 0.333. The highest BCUT2D eigenvalue weighted by atomic mass is 16.5. The number of furan rings is 1. The van der Waals surface area contributed by atoms with Crippen LogP contribution in [0.25, 0.3) is 0 Å². The van der Waals surface area contributed by atoms with Gasteiger partial charge < -0.3 is 13.9 Å². The minimum atomic E-state index is -0.222. The molecule has 0 aliphatic heterocycles. The number of nitrogens with two attached hydrogens (primary N) is 1. The molecule has 1 unspecified atom stereocenters. The van der Waals surface area contributed by atoms with E-state index in [2.05, 4.69) is 5.43 Å². The zero-order valence-electron chi connectivity index (χ0n) is 11.8. The summed E-state index contributed by atoms with van der Waals surface area (Å²) in [6.07, 6.45) is 1.62. The van der Waals surface area contributed by atoms with E-state index in [-0.39, 0.29) is 6.04 Å². The Bertz CT molecular complexity index is 526. The third kappa shape index (κ3) is 3.12. The molecular formula is C15H20N2O3. The lowest BCUT2D eigenvalue weighted by Gasteiger charge is -2.17. The van der Waals surface area contributed by atoms with E-state index in [9.17, 15) is 0 Å². The van der Waals surface area contributed by atoms with Gasteiger partial charge in [-0.05, 0) is 43.7 Å². The van der Waals surface area contributed by atoms with Crippen LogP contribution in [0.3, 0.4) is 0 Å². The van der Waals surface area contributed by atoms with Gasteiger partial charge in [0.2, 0.25) is 0 Å². The average Bonchev–Trinajstić information content (AvgIpc) is 2.97. The molecule has 5 nitrogen and oxygen atoms in total. The quantitative estimate of drug-likeness (QED) is 0.601. The molecule has 0 fully saturated rings. The molecule has 0 saturated heterocycles. The lowest BCUT2D eigenvalue weighted by molar-refractivity contribution is 0.287. The predicted molar refractivity (Wildman–Crippen MR) is 76.7 cm³/mol. The van der Waals surface area contributed by atoms with Crippen LogP contribution in [-0.2, 0) is 0 Å². The number of hydrogen-bond acceptors (Lipinski definition) is 5. The third-order valence-corrected chi connectivity index (χ3v) is 2.90. The van der Waals surface area contributed by atoms with Crippen molar-refractivity contribution in [3.05, 3.63) is 47.9 Å². The van der Waals surface area contributed by atoms with Crippen LogP contribution in [0.15, 0.2) is 41.0 Å². The summed E-state index contributed by atoms with van der Waals surface area (Å²) in [4.78, 5) is 0. The second-order valence-corrected chi connectivity index (χ2v) is 4.19. The fourth-order valence-electron chi connectivity index (χ4n) is 2.05. The maximum Gasteiger partial charge on any atom is 0.161 e. The molecule has 108 valence electrons. The van der Waals surface area contributed by atoms with E-state index in [4.69, 9.17) is 19.7 Å². The summed E-state index contributed by atoms with van der Waals surface area (Å²) in [7, 11) is 0. The Hall–Kier alpha value is -1.98. The van der Waals surface area contributed by atoms with Gasteiger partial charge in [0.15, 0.2) is 11.5 Å². The molecule has 0 aliphatic rings. The highest BCUT2D eigenvalue weighted by Gasteiger charge is 2.17. The summed E-state index contributed by atoms with van der Waals surface area (Å²) in [6, 6.07) is 9.23. The number of hydrogen-bond donors (Lipinski definition) is 2. The molecule has 1 atom stereocenters. The lowest BCUT2D eigenvalue weighted by Crippen LogP contribution is -2.28. The van der Waals surface area contributed by atoms with Crippen LogP contribution in [0, 0.1) is 0 Å². The van der Waals surface area contributed by atoms with Crippen molar-refractivity contribution >= 4 is 0 Å². The first kappa shape index (κ1) is 14.4. The second kappa shape index (κ2) is 6.98. The maximum absolute atomic E-state index is 5.63. The van der Waals surface area contributed by atoms with E-state index >= 15 is 0 Å². The molecule has 20 heavy (non-hydrogen) atoms. The largest absolute Gasteiger partial charge is 0.490 e. The molecule has 2 rings (SSSR count). The van der Waals surface area contributed by atoms with Gasteiger partial charge in [0.1, 0.15) is 11.8 Å². The Balaban J connectivity index is 2.33. The number of hydrazine groups is 1. The van der Waals surface area contributed by atoms with Crippen LogP contribution >= 0.6 is 0 Å². The molecule has 0 aliphatic carbocycles. The van der Waals surface area contributed by atoms with Gasteiger partial charge in [0, 0.05) is 0 Å². The van der Waals surface area contributed by atoms with Crippen molar-refractivity contribution in [2.45, 2.75) is 19.9 Å². The predicted octanol–water partition coefficient (Wildman–Crippen LogP) is 2.63. The summed E-state index contributed by atoms with van der Waals surface area (Å²) in [6.45, 7) is 5.05. The molecule has 1 heterocycles. The fourth-order valence-corrected chi connectivity index (χ4v) is 2.05. The third-order valence-electron chi connectivity index (χ3n) is 2.90. The van der Waals surface area contributed by atoms with E-state index < -0.39 is 0 Å². The van der Waals surface area contributed by atoms with Crippen molar-refractivity contribution in [2.24, 2.45) is 5.84 Å². The lowest BCUT2D eigenvalue weighted by atomic mass is 10.0. The monoisotopic (exact) mass is 276 g/mol. The number of rotatable bonds is 7. The summed E-state index contributed by atoms with van der Waals surface area (Å²) < 4.78 is 16.6. The van der Waals surface area contributed by atoms with Crippen LogP contribution in [0.2, 0.25) is 0 Å². The van der Waals surface area contributed by atoms with E-state index in [1.807, 2.05) is 44.2 Å². The first-order chi connectivity index (χ1) is 9.80. The Morgan fingerprint density at radius 1 is 1.15 bits per heavy atom. The minimum absolute atomic E-state index is 0.222. The van der Waals surface area contributed by atoms with E-state index in [1.54, 1.807) is 6.26 Å². The van der Waals surface area contributed by atoms with Gasteiger partial charge in [-0.15, -0.1) is 0 Å². The van der Waals surface area contributed by atoms with Crippen LogP contribution in [-0.4, -0.2) is 13.2 Å². The normalized spacial score (nSPS) is 12.2. The van der Waals surface area contributed by atoms with Gasteiger partial charge in [-0.2, -0.15) is 0 Å². The van der Waals surface area contributed by atoms with Crippen molar-refractivity contribution in [2.75, 3.05) is 13.2 Å². The summed E-state index contributed by atoms with van der Waals surface area (Å²) in [5, 5.41) is 0. The molecule has 2 aromatic rings. The number of ether oxygens (including phenoxy) is 2. The van der Waals surface area contributed by atoms with Crippen molar-refractivity contribution in [1.82, 2.24) is 5.43 Å². The molecule has 0 saturated carbocycles. The van der Waals surface area contributed by atoms with Gasteiger partial charge in [-0.3, -0.25) is 5.84 Å². The molecule has 3 N–H and O–H groups in total. The molecule has 0 amide bonds. The molecule has 0 radical (unpaired) electrons. The minimum Gasteiger partial charge on any atom is -0.490 e. The van der Waals surface area contributed by atoms with Gasteiger partial charge in [0.25, 0.3) is 0 Å². The Kier molecular flexibility index (Phi) is 5.03. The second-order valence-electron chi connectivity index (χ2n) is 4.19. The highest BCUT2D eigenvalue weighted by molar-refractivity contribution is 5.45. The summed E-state index contributed by atoms with van der Waals surface area (Å²) in [5.74, 6) is 7.82. The van der Waals surface area contributed by atoms with Crippen molar-refractivity contribution in [1.29, 1.82) is 0 Å². The molecule has 0 spiro atoms. The summed E-state index contributed by atoms with van der Waals surface area (Å²) in [5.41, 5.74) is 3.70. The Labute approximate surface area is 118 Å². The van der Waals surface area contributed by atoms with Crippen molar-refractivity contribution in [3.8, 4) is 11.5 Å². The van der Waals surface area contributed by atoms with Gasteiger partial charge in [-0.1, -0.05) is 6.07 Å². The topological polar surface area (TPSA) is 69.7 Å². The molecule has 1 aromatic carbocycles. The standard InChI is InChI=1S/C15H20N2O3/c1-3-18-12-8-7-11(10-14(12)19-4-2)15(17-16)13-6-5-9-20-13/h5-10,15,17H,3-4,16H2,1-2H3. The van der Waals surface area contributed by atoms with E-state index in [1.165, 1.54) is 0 Å². The summed E-state index contributed by atoms with van der Waals surface area (Å²) >= 11 is 0. The first-order valence-corrected chi connectivity index (χ1v) is 6.69. The first-order valence-electron chi connectivity index (χ1n) is 6.69. The zero-order valence-corrected chi connectivity index (χ0v) is 11.8. The Morgan fingerprint density at radius 3 is 2.50 bits per heavy atom. The average molecular weight is 276 g/mol. The van der Waals surface area contributed by atoms with Crippen molar-refractivity contribution < 1.29 is 13.9 Å². The van der Waals surface area contributed by atoms with Gasteiger partial charge >= 0.3 is 0 Å².